The zero-order valence-corrected chi connectivity index (χ0v) is 10.3. The fourth-order valence-electron chi connectivity index (χ4n) is 1.33. The van der Waals surface area contributed by atoms with Gasteiger partial charge in [-0.25, -0.2) is 4.98 Å². The van der Waals surface area contributed by atoms with Crippen LogP contribution in [-0.4, -0.2) is 26.8 Å². The highest BCUT2D eigenvalue weighted by Gasteiger charge is 2.07. The van der Waals surface area contributed by atoms with Gasteiger partial charge in [-0.15, -0.1) is 11.8 Å². The second-order valence-corrected chi connectivity index (χ2v) is 4.72. The van der Waals surface area contributed by atoms with Crippen LogP contribution in [0.15, 0.2) is 35.6 Å². The van der Waals surface area contributed by atoms with E-state index < -0.39 is 5.97 Å². The maximum Gasteiger partial charge on any atom is 0.313 e. The van der Waals surface area contributed by atoms with Gasteiger partial charge in [0.2, 0.25) is 0 Å². The van der Waals surface area contributed by atoms with Crippen LogP contribution in [0.1, 0.15) is 0 Å². The molecule has 88 valence electrons. The van der Waals surface area contributed by atoms with Crippen molar-refractivity contribution in [2.45, 2.75) is 4.90 Å². The average Bonchev–Trinajstić information content (AvgIpc) is 2.81. The average molecular weight is 269 g/mol. The highest BCUT2D eigenvalue weighted by Crippen LogP contribution is 2.31. The Morgan fingerprint density at radius 2 is 2.35 bits per heavy atom. The minimum Gasteiger partial charge on any atom is -0.481 e. The van der Waals surface area contributed by atoms with E-state index in [0.717, 1.165) is 16.2 Å². The summed E-state index contributed by atoms with van der Waals surface area (Å²) < 4.78 is 0. The summed E-state index contributed by atoms with van der Waals surface area (Å²) >= 11 is 7.20. The maximum absolute atomic E-state index is 10.5. The number of thioether (sulfide) groups is 1. The summed E-state index contributed by atoms with van der Waals surface area (Å²) in [6, 6.07) is 5.46. The number of halogens is 1. The van der Waals surface area contributed by atoms with E-state index in [4.69, 9.17) is 16.7 Å². The van der Waals surface area contributed by atoms with E-state index in [0.29, 0.717) is 5.02 Å². The molecule has 17 heavy (non-hydrogen) atoms. The van der Waals surface area contributed by atoms with Crippen LogP contribution in [0.3, 0.4) is 0 Å². The summed E-state index contributed by atoms with van der Waals surface area (Å²) in [6.07, 6.45) is 3.29. The van der Waals surface area contributed by atoms with Crippen LogP contribution in [0, 0.1) is 0 Å². The predicted molar refractivity (Wildman–Crippen MR) is 67.4 cm³/mol. The molecule has 0 atom stereocenters. The van der Waals surface area contributed by atoms with E-state index in [1.54, 1.807) is 18.6 Å². The number of hydrogen-bond acceptors (Lipinski definition) is 3. The zero-order valence-electron chi connectivity index (χ0n) is 8.68. The lowest BCUT2D eigenvalue weighted by Crippen LogP contribution is -1.97. The molecule has 1 aromatic carbocycles. The molecule has 0 aliphatic rings. The smallest absolute Gasteiger partial charge is 0.313 e. The fourth-order valence-corrected chi connectivity index (χ4v) is 2.31. The number of nitrogens with one attached hydrogen (secondary N) is 1. The molecule has 0 amide bonds. The predicted octanol–water partition coefficient (Wildman–Crippen LogP) is 2.91. The molecule has 0 saturated heterocycles. The van der Waals surface area contributed by atoms with Crippen LogP contribution in [0.5, 0.6) is 0 Å². The standard InChI is InChI=1S/C11H9ClN2O2S/c12-8-2-1-7(9-4-13-6-14-9)3-10(8)17-5-11(15)16/h1-4,6H,5H2,(H,13,14)(H,15,16). The Labute approximate surface area is 107 Å². The van der Waals surface area contributed by atoms with E-state index in [1.165, 1.54) is 11.8 Å². The Hall–Kier alpha value is -1.46. The molecule has 2 aromatic rings. The van der Waals surface area contributed by atoms with Crippen LogP contribution >= 0.6 is 23.4 Å². The third kappa shape index (κ3) is 3.01. The molecule has 4 nitrogen and oxygen atoms in total. The topological polar surface area (TPSA) is 66.0 Å². The molecule has 0 aliphatic heterocycles. The van der Waals surface area contributed by atoms with Crippen LogP contribution < -0.4 is 0 Å². The van der Waals surface area contributed by atoms with Crippen molar-refractivity contribution >= 4 is 29.3 Å². The van der Waals surface area contributed by atoms with Gasteiger partial charge < -0.3 is 10.1 Å². The SMILES string of the molecule is O=C(O)CSc1cc(-c2cnc[nH]2)ccc1Cl. The van der Waals surface area contributed by atoms with Crippen molar-refractivity contribution in [2.24, 2.45) is 0 Å². The minimum absolute atomic E-state index is 0.00779. The van der Waals surface area contributed by atoms with Crippen molar-refractivity contribution in [3.05, 3.63) is 35.7 Å². The number of aliphatic carboxylic acids is 1. The molecule has 1 heterocycles. The summed E-state index contributed by atoms with van der Waals surface area (Å²) in [4.78, 5) is 18.2. The number of carboxylic acid groups (broad SMARTS) is 1. The number of carboxylic acids is 1. The summed E-state index contributed by atoms with van der Waals surface area (Å²) in [5.41, 5.74) is 1.80. The summed E-state index contributed by atoms with van der Waals surface area (Å²) in [5, 5.41) is 9.19. The number of carbonyl (C=O) groups is 1. The maximum atomic E-state index is 10.5. The summed E-state index contributed by atoms with van der Waals surface area (Å²) in [5.74, 6) is -0.871. The quantitative estimate of drug-likeness (QED) is 0.837. The molecule has 2 rings (SSSR count). The van der Waals surface area contributed by atoms with Gasteiger partial charge in [-0.1, -0.05) is 17.7 Å². The molecular formula is C11H9ClN2O2S. The van der Waals surface area contributed by atoms with Crippen molar-refractivity contribution in [1.29, 1.82) is 0 Å². The third-order valence-electron chi connectivity index (χ3n) is 2.09. The van der Waals surface area contributed by atoms with Gasteiger partial charge in [0.1, 0.15) is 0 Å². The molecule has 0 saturated carbocycles. The third-order valence-corrected chi connectivity index (χ3v) is 3.57. The van der Waals surface area contributed by atoms with E-state index >= 15 is 0 Å². The lowest BCUT2D eigenvalue weighted by atomic mass is 10.2. The lowest BCUT2D eigenvalue weighted by Gasteiger charge is -2.04. The van der Waals surface area contributed by atoms with Crippen molar-refractivity contribution < 1.29 is 9.90 Å². The number of H-pyrrole nitrogens is 1. The molecular weight excluding hydrogens is 260 g/mol. The molecule has 2 N–H and O–H groups in total. The highest BCUT2D eigenvalue weighted by molar-refractivity contribution is 8.00. The summed E-state index contributed by atoms with van der Waals surface area (Å²) in [6.45, 7) is 0. The number of aromatic nitrogens is 2. The number of imidazole rings is 1. The molecule has 0 aliphatic carbocycles. The largest absolute Gasteiger partial charge is 0.481 e. The van der Waals surface area contributed by atoms with E-state index in [2.05, 4.69) is 9.97 Å². The van der Waals surface area contributed by atoms with E-state index in [1.807, 2.05) is 12.1 Å². The van der Waals surface area contributed by atoms with Gasteiger partial charge >= 0.3 is 5.97 Å². The van der Waals surface area contributed by atoms with Crippen molar-refractivity contribution in [1.82, 2.24) is 9.97 Å². The number of hydrogen-bond donors (Lipinski definition) is 2. The number of aromatic amines is 1. The first-order valence-electron chi connectivity index (χ1n) is 4.79. The van der Waals surface area contributed by atoms with Crippen molar-refractivity contribution in [3.63, 3.8) is 0 Å². The number of rotatable bonds is 4. The lowest BCUT2D eigenvalue weighted by molar-refractivity contribution is -0.133. The zero-order chi connectivity index (χ0) is 12.3. The fraction of sp³-hybridized carbons (Fsp3) is 0.0909. The Morgan fingerprint density at radius 3 is 3.00 bits per heavy atom. The van der Waals surface area contributed by atoms with Crippen molar-refractivity contribution in [3.8, 4) is 11.3 Å². The van der Waals surface area contributed by atoms with Crippen LogP contribution in [-0.2, 0) is 4.79 Å². The normalized spacial score (nSPS) is 10.4. The van der Waals surface area contributed by atoms with Gasteiger partial charge in [0.15, 0.2) is 0 Å². The highest BCUT2D eigenvalue weighted by atomic mass is 35.5. The van der Waals surface area contributed by atoms with E-state index in [9.17, 15) is 4.79 Å². The Bertz CT molecular complexity index is 528. The van der Waals surface area contributed by atoms with Crippen molar-refractivity contribution in [2.75, 3.05) is 5.75 Å². The Balaban J connectivity index is 2.26. The van der Waals surface area contributed by atoms with E-state index in [-0.39, 0.29) is 5.75 Å². The molecule has 0 fully saturated rings. The van der Waals surface area contributed by atoms with Gasteiger partial charge in [0.05, 0.1) is 29.0 Å². The second kappa shape index (κ2) is 5.25. The molecule has 0 unspecified atom stereocenters. The van der Waals surface area contributed by atoms with Crippen LogP contribution in [0.25, 0.3) is 11.3 Å². The van der Waals surface area contributed by atoms with Gasteiger partial charge in [-0.2, -0.15) is 0 Å². The first kappa shape index (κ1) is 12.0. The molecule has 1 aromatic heterocycles. The van der Waals surface area contributed by atoms with Gasteiger partial charge in [0.25, 0.3) is 0 Å². The Kier molecular flexibility index (Phi) is 3.71. The molecule has 0 bridgehead atoms. The first-order chi connectivity index (χ1) is 8.16. The number of benzene rings is 1. The number of nitrogens with zero attached hydrogens (tertiary/aromatic N) is 1. The monoisotopic (exact) mass is 268 g/mol. The molecule has 0 spiro atoms. The van der Waals surface area contributed by atoms with Gasteiger partial charge in [0, 0.05) is 10.5 Å². The summed E-state index contributed by atoms with van der Waals surface area (Å²) in [7, 11) is 0. The van der Waals surface area contributed by atoms with Crippen LogP contribution in [0.4, 0.5) is 0 Å². The van der Waals surface area contributed by atoms with Crippen LogP contribution in [0.2, 0.25) is 5.02 Å². The van der Waals surface area contributed by atoms with Gasteiger partial charge in [-0.05, 0) is 12.1 Å². The second-order valence-electron chi connectivity index (χ2n) is 3.29. The van der Waals surface area contributed by atoms with Gasteiger partial charge in [-0.3, -0.25) is 4.79 Å². The molecule has 6 heteroatoms. The molecule has 0 radical (unpaired) electrons. The minimum atomic E-state index is -0.863. The first-order valence-corrected chi connectivity index (χ1v) is 6.16. The Morgan fingerprint density at radius 1 is 1.53 bits per heavy atom.